The minimum absolute atomic E-state index is 0.0394. The van der Waals surface area contributed by atoms with Crippen LogP contribution in [0.3, 0.4) is 0 Å². The summed E-state index contributed by atoms with van der Waals surface area (Å²) in [6, 6.07) is 0. The third kappa shape index (κ3) is 8.26. The molecule has 2 aliphatic heterocycles. The number of carbonyl (C=O) groups excluding carboxylic acids is 1. The Morgan fingerprint density at radius 2 is 2.00 bits per heavy atom. The maximum Gasteiger partial charge on any atom is 0.178 e. The maximum atomic E-state index is 11.7. The summed E-state index contributed by atoms with van der Waals surface area (Å²) in [7, 11) is 1.59. The van der Waals surface area contributed by atoms with Gasteiger partial charge in [0, 0.05) is 30.7 Å². The van der Waals surface area contributed by atoms with E-state index in [4.69, 9.17) is 65.4 Å². The average molecular weight is 619 g/mol. The van der Waals surface area contributed by atoms with E-state index in [9.17, 15) is 9.90 Å². The number of nitrogens with zero attached hydrogens (tertiary/aromatic N) is 1. The van der Waals surface area contributed by atoms with Gasteiger partial charge in [-0.25, -0.2) is 4.98 Å². The smallest absolute Gasteiger partial charge is 0.178 e. The van der Waals surface area contributed by atoms with E-state index in [0.717, 1.165) is 6.42 Å². The third-order valence-electron chi connectivity index (χ3n) is 6.81. The first kappa shape index (κ1) is 31.5. The number of hydrogen-bond acceptors (Lipinski definition) is 8. The number of Topliss-reactive ketones (excluding diaryl/α,β-unsaturated/α-hetero) is 1. The number of allylic oxidation sites excluding steroid dienone is 1. The number of aromatic nitrogens is 1. The van der Waals surface area contributed by atoms with Crippen LogP contribution in [0.4, 0.5) is 0 Å². The molecule has 0 aliphatic carbocycles. The van der Waals surface area contributed by atoms with Crippen LogP contribution in [0.1, 0.15) is 61.6 Å². The first-order chi connectivity index (χ1) is 17.6. The lowest BCUT2D eigenvalue weighted by Gasteiger charge is -2.40. The second-order valence-corrected chi connectivity index (χ2v) is 12.5. The molecule has 1 N–H and O–H groups in total. The Morgan fingerprint density at radius 1 is 1.27 bits per heavy atom. The van der Waals surface area contributed by atoms with Crippen molar-refractivity contribution in [3.63, 3.8) is 0 Å². The van der Waals surface area contributed by atoms with E-state index in [2.05, 4.69) is 4.98 Å². The van der Waals surface area contributed by atoms with Crippen LogP contribution >= 0.6 is 57.7 Å². The summed E-state index contributed by atoms with van der Waals surface area (Å²) in [5.41, 5.74) is 0.405. The molecular weight excluding hydrogens is 584 g/mol. The summed E-state index contributed by atoms with van der Waals surface area (Å²) in [6.07, 6.45) is 2.82. The predicted octanol–water partition coefficient (Wildman–Crippen LogP) is 5.72. The van der Waals surface area contributed by atoms with E-state index in [0.29, 0.717) is 23.5 Å². The Bertz CT molecular complexity index is 906. The van der Waals surface area contributed by atoms with Crippen molar-refractivity contribution in [2.24, 2.45) is 5.92 Å². The van der Waals surface area contributed by atoms with Gasteiger partial charge < -0.3 is 24.1 Å². The fraction of sp³-hybridized carbons (Fsp3) is 0.760. The predicted molar refractivity (Wildman–Crippen MR) is 148 cm³/mol. The molecular formula is C25H35Cl4NO6S. The second-order valence-electron chi connectivity index (χ2n) is 9.46. The monoisotopic (exact) mass is 617 g/mol. The first-order valence-corrected chi connectivity index (χ1v) is 15.0. The lowest BCUT2D eigenvalue weighted by molar-refractivity contribution is -0.233. The number of methoxy groups -OCH3 is 1. The van der Waals surface area contributed by atoms with Crippen molar-refractivity contribution in [1.29, 1.82) is 0 Å². The van der Waals surface area contributed by atoms with E-state index in [1.807, 2.05) is 19.9 Å². The Hall–Kier alpha value is -0.000000000000000305. The molecule has 3 rings (SSSR count). The second kappa shape index (κ2) is 14.6. The molecule has 0 radical (unpaired) electrons. The van der Waals surface area contributed by atoms with Crippen molar-refractivity contribution < 1.29 is 28.8 Å². The van der Waals surface area contributed by atoms with Crippen LogP contribution in [-0.4, -0.2) is 81.8 Å². The van der Waals surface area contributed by atoms with Gasteiger partial charge in [0.2, 0.25) is 0 Å². The number of aliphatic hydroxyl groups excluding tert-OH is 1. The number of halogens is 4. The molecule has 210 valence electrons. The van der Waals surface area contributed by atoms with Crippen LogP contribution in [0.5, 0.6) is 0 Å². The van der Waals surface area contributed by atoms with Crippen molar-refractivity contribution in [1.82, 2.24) is 4.98 Å². The highest BCUT2D eigenvalue weighted by Gasteiger charge is 2.51. The minimum Gasteiger partial charge on any atom is -0.386 e. The van der Waals surface area contributed by atoms with Gasteiger partial charge in [0.05, 0.1) is 28.3 Å². The highest BCUT2D eigenvalue weighted by atomic mass is 35.5. The molecule has 1 aromatic rings. The van der Waals surface area contributed by atoms with E-state index < -0.39 is 40.5 Å². The quantitative estimate of drug-likeness (QED) is 0.123. The number of rotatable bonds is 14. The molecule has 0 unspecified atom stereocenters. The molecule has 12 heteroatoms. The molecule has 37 heavy (non-hydrogen) atoms. The number of ketones is 1. The molecule has 7 nitrogen and oxygen atoms in total. The van der Waals surface area contributed by atoms with Crippen molar-refractivity contribution >= 4 is 63.5 Å². The fourth-order valence-corrected chi connectivity index (χ4v) is 6.46. The molecule has 0 amide bonds. The fourth-order valence-electron chi connectivity index (χ4n) is 4.36. The Morgan fingerprint density at radius 3 is 2.62 bits per heavy atom. The highest BCUT2D eigenvalue weighted by Crippen LogP contribution is 2.40. The number of aliphatic hydroxyl groups is 1. The largest absolute Gasteiger partial charge is 0.386 e. The molecule has 0 spiro atoms. The molecule has 0 saturated carbocycles. The first-order valence-electron chi connectivity index (χ1n) is 12.4. The summed E-state index contributed by atoms with van der Waals surface area (Å²) in [4.78, 5) is 16.1. The third-order valence-corrected chi connectivity index (χ3v) is 10.0. The Kier molecular flexibility index (Phi) is 12.4. The molecule has 2 fully saturated rings. The lowest BCUT2D eigenvalue weighted by atomic mass is 9.89. The lowest BCUT2D eigenvalue weighted by Crippen LogP contribution is -2.46. The number of hydrogen-bond donors (Lipinski definition) is 1. The van der Waals surface area contributed by atoms with Gasteiger partial charge in [0.1, 0.15) is 41.9 Å². The summed E-state index contributed by atoms with van der Waals surface area (Å²) < 4.78 is 23.1. The average Bonchev–Trinajstić information content (AvgIpc) is 3.53. The van der Waals surface area contributed by atoms with Crippen molar-refractivity contribution in [3.8, 4) is 0 Å². The summed E-state index contributed by atoms with van der Waals surface area (Å²) in [5, 5.41) is 11.1. The molecule has 1 aromatic heterocycles. The molecule has 2 saturated heterocycles. The standard InChI is InChI=1S/C25H35Cl4NO6S/c1-5-14(26)7-6-8-17(32)22-23(36-22)20(29)19(28)15(27)9-18-12(2)21(35-11-34-18)24(33-4)25-30-16(10-37-25)13(3)31/h6,8,10,12,14-15,17-24,32H,5,7,9,11H2,1-4H3/b8-6+/t12-,14-,15+,17+,18+,19+,20+,21+,22+,23+,24+/m0/s1. The Labute approximate surface area is 242 Å². The molecule has 0 aromatic carbocycles. The number of thiazole rings is 1. The van der Waals surface area contributed by atoms with Crippen LogP contribution in [-0.2, 0) is 18.9 Å². The number of ether oxygens (including phenoxy) is 4. The summed E-state index contributed by atoms with van der Waals surface area (Å²) >= 11 is 27.5. The van der Waals surface area contributed by atoms with Gasteiger partial charge in [-0.3, -0.25) is 4.79 Å². The van der Waals surface area contributed by atoms with Gasteiger partial charge in [0.25, 0.3) is 0 Å². The van der Waals surface area contributed by atoms with Gasteiger partial charge in [-0.15, -0.1) is 57.7 Å². The molecule has 0 bridgehead atoms. The van der Waals surface area contributed by atoms with Gasteiger partial charge in [-0.1, -0.05) is 26.0 Å². The molecule has 11 atom stereocenters. The van der Waals surface area contributed by atoms with E-state index >= 15 is 0 Å². The zero-order valence-electron chi connectivity index (χ0n) is 21.3. The van der Waals surface area contributed by atoms with Crippen molar-refractivity contribution in [2.75, 3.05) is 13.9 Å². The van der Waals surface area contributed by atoms with Crippen LogP contribution in [0.2, 0.25) is 0 Å². The van der Waals surface area contributed by atoms with Gasteiger partial charge in [-0.05, 0) is 19.3 Å². The minimum atomic E-state index is -0.787. The number of carbonyl (C=O) groups is 1. The summed E-state index contributed by atoms with van der Waals surface area (Å²) in [5.74, 6) is -0.205. The van der Waals surface area contributed by atoms with Crippen LogP contribution in [0.15, 0.2) is 17.5 Å². The number of epoxide rings is 1. The molecule has 3 heterocycles. The zero-order chi connectivity index (χ0) is 27.3. The van der Waals surface area contributed by atoms with Crippen molar-refractivity contribution in [3.05, 3.63) is 28.2 Å². The van der Waals surface area contributed by atoms with Crippen molar-refractivity contribution in [2.45, 2.75) is 98.2 Å². The Balaban J connectivity index is 1.54. The van der Waals surface area contributed by atoms with Crippen LogP contribution in [0.25, 0.3) is 0 Å². The van der Waals surface area contributed by atoms with Crippen LogP contribution in [0, 0.1) is 5.92 Å². The number of alkyl halides is 4. The summed E-state index contributed by atoms with van der Waals surface area (Å²) in [6.45, 7) is 5.56. The highest BCUT2D eigenvalue weighted by molar-refractivity contribution is 7.09. The van der Waals surface area contributed by atoms with E-state index in [1.165, 1.54) is 18.3 Å². The SMILES string of the molecule is CC[C@H](Cl)C/C=C/[C@@H](O)[C@H]1O[C@@H]1[C@H](Cl)[C@H](Cl)[C@H](Cl)C[C@H]1OCO[C@@H]([C@@H](OC)c2nc(C(C)=O)cs2)[C@H]1C. The van der Waals surface area contributed by atoms with Gasteiger partial charge in [0.15, 0.2) is 5.78 Å². The van der Waals surface area contributed by atoms with E-state index in [1.54, 1.807) is 18.6 Å². The van der Waals surface area contributed by atoms with Gasteiger partial charge >= 0.3 is 0 Å². The normalized spacial score (nSPS) is 31.0. The van der Waals surface area contributed by atoms with Crippen LogP contribution < -0.4 is 0 Å². The topological polar surface area (TPSA) is 90.4 Å². The van der Waals surface area contributed by atoms with E-state index in [-0.39, 0.29) is 36.1 Å². The van der Waals surface area contributed by atoms with Gasteiger partial charge in [-0.2, -0.15) is 0 Å². The zero-order valence-corrected chi connectivity index (χ0v) is 25.1. The maximum absolute atomic E-state index is 11.7. The molecule has 2 aliphatic rings.